The van der Waals surface area contributed by atoms with Crippen molar-refractivity contribution >= 4 is 5.91 Å². The predicted molar refractivity (Wildman–Crippen MR) is 112 cm³/mol. The summed E-state index contributed by atoms with van der Waals surface area (Å²) in [6.45, 7) is 4.40. The molecule has 4 rings (SSSR count). The number of aliphatic hydroxyl groups excluding tert-OH is 1. The Morgan fingerprint density at radius 2 is 2.00 bits per heavy atom. The normalized spacial score (nSPS) is 18.3. The average molecular weight is 457 g/mol. The van der Waals surface area contributed by atoms with E-state index in [2.05, 4.69) is 30.7 Å². The number of hydrogen-bond donors (Lipinski definition) is 2. The molecule has 1 aliphatic rings. The molecular formula is C21H24FN7O4. The molecule has 11 nitrogen and oxygen atoms in total. The summed E-state index contributed by atoms with van der Waals surface area (Å²) in [7, 11) is 0. The van der Waals surface area contributed by atoms with Gasteiger partial charge in [0.25, 0.3) is 5.91 Å². The molecular weight excluding hydrogens is 433 g/mol. The first-order valence-corrected chi connectivity index (χ1v) is 10.4. The van der Waals surface area contributed by atoms with Crippen LogP contribution < -0.4 is 5.32 Å². The lowest BCUT2D eigenvalue weighted by Crippen LogP contribution is -2.40. The number of halogens is 1. The summed E-state index contributed by atoms with van der Waals surface area (Å²) in [5, 5.41) is 24.2. The van der Waals surface area contributed by atoms with Crippen molar-refractivity contribution < 1.29 is 23.8 Å². The average Bonchev–Trinajstić information content (AvgIpc) is 3.28. The number of aromatic nitrogens is 6. The summed E-state index contributed by atoms with van der Waals surface area (Å²) in [5.74, 6) is -0.0692. The highest BCUT2D eigenvalue weighted by Crippen LogP contribution is 2.14. The van der Waals surface area contributed by atoms with Crippen molar-refractivity contribution in [1.82, 2.24) is 35.5 Å². The number of benzene rings is 1. The highest BCUT2D eigenvalue weighted by atomic mass is 19.1. The molecule has 3 heterocycles. The Kier molecular flexibility index (Phi) is 6.96. The van der Waals surface area contributed by atoms with Gasteiger partial charge in [0.1, 0.15) is 35.2 Å². The third-order valence-corrected chi connectivity index (χ3v) is 5.03. The van der Waals surface area contributed by atoms with E-state index in [1.165, 1.54) is 16.9 Å². The van der Waals surface area contributed by atoms with Crippen molar-refractivity contribution in [1.29, 1.82) is 0 Å². The number of nitrogens with zero attached hydrogens (tertiary/aromatic N) is 6. The molecule has 0 unspecified atom stereocenters. The SMILES string of the molecule is Cc1nc(C(=O)NCc2ccc(F)c(C)c2)cc(-c2nnn(C[C@@H]3CO[C@@H](CO)CO3)n2)n1. The van der Waals surface area contributed by atoms with E-state index in [1.54, 1.807) is 26.0 Å². The molecule has 2 aromatic heterocycles. The van der Waals surface area contributed by atoms with Gasteiger partial charge in [0.2, 0.25) is 5.82 Å². The summed E-state index contributed by atoms with van der Waals surface area (Å²) in [4.78, 5) is 22.5. The Morgan fingerprint density at radius 1 is 1.21 bits per heavy atom. The molecule has 33 heavy (non-hydrogen) atoms. The van der Waals surface area contributed by atoms with Gasteiger partial charge in [-0.15, -0.1) is 10.2 Å². The fraction of sp³-hybridized carbons (Fsp3) is 0.429. The third kappa shape index (κ3) is 5.72. The quantitative estimate of drug-likeness (QED) is 0.522. The number of aliphatic hydroxyl groups is 1. The second kappa shape index (κ2) is 10.1. The fourth-order valence-corrected chi connectivity index (χ4v) is 3.29. The third-order valence-electron chi connectivity index (χ3n) is 5.03. The van der Waals surface area contributed by atoms with Gasteiger partial charge in [0, 0.05) is 6.54 Å². The molecule has 1 aliphatic heterocycles. The first-order valence-electron chi connectivity index (χ1n) is 10.4. The number of tetrazole rings is 1. The zero-order valence-corrected chi connectivity index (χ0v) is 18.2. The lowest BCUT2D eigenvalue weighted by atomic mass is 10.1. The van der Waals surface area contributed by atoms with E-state index in [0.29, 0.717) is 36.8 Å². The Bertz CT molecular complexity index is 1130. The minimum atomic E-state index is -0.401. The van der Waals surface area contributed by atoms with Crippen molar-refractivity contribution in [3.8, 4) is 11.5 Å². The molecule has 0 radical (unpaired) electrons. The Balaban J connectivity index is 1.41. The molecule has 174 valence electrons. The molecule has 1 saturated heterocycles. The van der Waals surface area contributed by atoms with E-state index in [4.69, 9.17) is 14.6 Å². The lowest BCUT2D eigenvalue weighted by molar-refractivity contribution is -0.150. The van der Waals surface area contributed by atoms with E-state index in [0.717, 1.165) is 5.56 Å². The van der Waals surface area contributed by atoms with E-state index in [1.807, 2.05) is 0 Å². The van der Waals surface area contributed by atoms with Gasteiger partial charge in [0.05, 0.1) is 26.4 Å². The molecule has 1 fully saturated rings. The Labute approximate surface area is 189 Å². The largest absolute Gasteiger partial charge is 0.394 e. The van der Waals surface area contributed by atoms with E-state index in [-0.39, 0.29) is 42.7 Å². The molecule has 3 aromatic rings. The van der Waals surface area contributed by atoms with Crippen LogP contribution in [0.4, 0.5) is 4.39 Å². The van der Waals surface area contributed by atoms with Gasteiger partial charge in [-0.3, -0.25) is 4.79 Å². The number of carbonyl (C=O) groups excluding carboxylic acids is 1. The maximum Gasteiger partial charge on any atom is 0.270 e. The summed E-state index contributed by atoms with van der Waals surface area (Å²) in [6.07, 6.45) is -0.584. The molecule has 0 aliphatic carbocycles. The van der Waals surface area contributed by atoms with E-state index < -0.39 is 5.91 Å². The van der Waals surface area contributed by atoms with Gasteiger partial charge >= 0.3 is 0 Å². The maximum atomic E-state index is 13.4. The first-order chi connectivity index (χ1) is 15.9. The second-order valence-electron chi connectivity index (χ2n) is 7.71. The van der Waals surface area contributed by atoms with Crippen molar-refractivity contribution in [2.24, 2.45) is 0 Å². The van der Waals surface area contributed by atoms with Crippen LogP contribution in [0, 0.1) is 19.7 Å². The molecule has 0 saturated carbocycles. The van der Waals surface area contributed by atoms with Crippen molar-refractivity contribution in [3.05, 3.63) is 52.7 Å². The number of nitrogens with one attached hydrogen (secondary N) is 1. The minimum Gasteiger partial charge on any atom is -0.394 e. The van der Waals surface area contributed by atoms with Gasteiger partial charge in [-0.2, -0.15) is 4.80 Å². The monoisotopic (exact) mass is 457 g/mol. The molecule has 1 amide bonds. The standard InChI is InChI=1S/C21H24FN7O4/c1-12-5-14(3-4-17(12)22)7-23-21(31)19-6-18(24-13(2)25-19)20-26-28-29(27-20)8-15-10-33-16(9-30)11-32-15/h3-6,15-16,30H,7-11H2,1-2H3,(H,23,31)/t15-,16+/m1/s1. The molecule has 2 atom stereocenters. The number of ether oxygens (including phenoxy) is 2. The summed E-state index contributed by atoms with van der Waals surface area (Å²) in [6, 6.07) is 6.16. The van der Waals surface area contributed by atoms with Crippen LogP contribution in [0.15, 0.2) is 24.3 Å². The summed E-state index contributed by atoms with van der Waals surface area (Å²) < 4.78 is 24.5. The van der Waals surface area contributed by atoms with E-state index in [9.17, 15) is 9.18 Å². The van der Waals surface area contributed by atoms with Crippen molar-refractivity contribution in [2.75, 3.05) is 19.8 Å². The van der Waals surface area contributed by atoms with Crippen LogP contribution in [0.2, 0.25) is 0 Å². The minimum absolute atomic E-state index is 0.0923. The predicted octanol–water partition coefficient (Wildman–Crippen LogP) is 0.592. The zero-order chi connectivity index (χ0) is 23.4. The highest BCUT2D eigenvalue weighted by Gasteiger charge is 2.23. The van der Waals surface area contributed by atoms with Crippen molar-refractivity contribution in [3.63, 3.8) is 0 Å². The molecule has 0 spiro atoms. The fourth-order valence-electron chi connectivity index (χ4n) is 3.29. The second-order valence-corrected chi connectivity index (χ2v) is 7.71. The first kappa shape index (κ1) is 22.8. The van der Waals surface area contributed by atoms with Gasteiger partial charge in [-0.05, 0) is 42.3 Å². The lowest BCUT2D eigenvalue weighted by Gasteiger charge is -2.27. The highest BCUT2D eigenvalue weighted by molar-refractivity contribution is 5.93. The van der Waals surface area contributed by atoms with Gasteiger partial charge in [0.15, 0.2) is 0 Å². The summed E-state index contributed by atoms with van der Waals surface area (Å²) >= 11 is 0. The van der Waals surface area contributed by atoms with Gasteiger partial charge in [-0.25, -0.2) is 14.4 Å². The summed E-state index contributed by atoms with van der Waals surface area (Å²) in [5.41, 5.74) is 1.80. The molecule has 2 N–H and O–H groups in total. The van der Waals surface area contributed by atoms with Crippen LogP contribution in [0.3, 0.4) is 0 Å². The van der Waals surface area contributed by atoms with E-state index >= 15 is 0 Å². The number of rotatable bonds is 7. The van der Waals surface area contributed by atoms with Crippen LogP contribution in [-0.4, -0.2) is 73.2 Å². The van der Waals surface area contributed by atoms with Crippen molar-refractivity contribution in [2.45, 2.75) is 39.1 Å². The number of aryl methyl sites for hydroxylation is 2. The number of amides is 1. The smallest absolute Gasteiger partial charge is 0.270 e. The molecule has 1 aromatic carbocycles. The zero-order valence-electron chi connectivity index (χ0n) is 18.2. The van der Waals surface area contributed by atoms with Crippen LogP contribution in [0.5, 0.6) is 0 Å². The Morgan fingerprint density at radius 3 is 2.73 bits per heavy atom. The van der Waals surface area contributed by atoms with Gasteiger partial charge in [-0.1, -0.05) is 12.1 Å². The molecule has 12 heteroatoms. The van der Waals surface area contributed by atoms with Crippen LogP contribution in [-0.2, 0) is 22.6 Å². The topological polar surface area (TPSA) is 137 Å². The number of carbonyl (C=O) groups is 1. The van der Waals surface area contributed by atoms with Crippen LogP contribution in [0.1, 0.15) is 27.4 Å². The maximum absolute atomic E-state index is 13.4. The molecule has 0 bridgehead atoms. The Hall–Kier alpha value is -3.35. The number of hydrogen-bond acceptors (Lipinski definition) is 9. The van der Waals surface area contributed by atoms with Crippen LogP contribution in [0.25, 0.3) is 11.5 Å². The van der Waals surface area contributed by atoms with Crippen LogP contribution >= 0.6 is 0 Å². The van der Waals surface area contributed by atoms with Gasteiger partial charge < -0.3 is 19.9 Å².